The molecule has 6 nitrogen and oxygen atoms in total. The quantitative estimate of drug-likeness (QED) is 0.569. The number of rotatable bonds is 4. The maximum Gasteiger partial charge on any atom is 0.275 e. The van der Waals surface area contributed by atoms with E-state index in [1.165, 1.54) is 20.9 Å². The minimum Gasteiger partial charge on any atom is -0.300 e. The van der Waals surface area contributed by atoms with E-state index >= 15 is 0 Å². The van der Waals surface area contributed by atoms with Crippen LogP contribution in [-0.4, -0.2) is 20.7 Å². The van der Waals surface area contributed by atoms with Crippen LogP contribution < -0.4 is 10.9 Å². The monoisotopic (exact) mass is 396 g/mol. The number of benzene rings is 1. The molecule has 0 bridgehead atoms. The lowest BCUT2D eigenvalue weighted by Gasteiger charge is -2.08. The topological polar surface area (TPSA) is 76.9 Å². The van der Waals surface area contributed by atoms with Crippen molar-refractivity contribution in [3.8, 4) is 10.6 Å². The van der Waals surface area contributed by atoms with E-state index in [2.05, 4.69) is 15.4 Å². The summed E-state index contributed by atoms with van der Waals surface area (Å²) in [5.41, 5.74) is 1.27. The normalized spacial score (nSPS) is 11.0. The van der Waals surface area contributed by atoms with Gasteiger partial charge in [0.05, 0.1) is 21.7 Å². The molecule has 1 amide bonds. The van der Waals surface area contributed by atoms with Crippen molar-refractivity contribution in [3.63, 3.8) is 0 Å². The summed E-state index contributed by atoms with van der Waals surface area (Å²) in [7, 11) is 0. The maximum absolute atomic E-state index is 12.6. The van der Waals surface area contributed by atoms with Crippen LogP contribution in [0, 0.1) is 13.8 Å². The van der Waals surface area contributed by atoms with Crippen LogP contribution in [0.25, 0.3) is 21.3 Å². The number of amides is 1. The zero-order valence-electron chi connectivity index (χ0n) is 14.7. The molecule has 0 unspecified atom stereocenters. The Hall–Kier alpha value is -2.84. The molecule has 1 N–H and O–H groups in total. The highest BCUT2D eigenvalue weighted by atomic mass is 32.1. The molecule has 0 radical (unpaired) electrons. The molecule has 0 aliphatic heterocycles. The predicted molar refractivity (Wildman–Crippen MR) is 110 cm³/mol. The van der Waals surface area contributed by atoms with E-state index in [4.69, 9.17) is 0 Å². The average Bonchev–Trinajstić information content (AvgIpc) is 3.28. The van der Waals surface area contributed by atoms with Crippen LogP contribution in [0.3, 0.4) is 0 Å². The summed E-state index contributed by atoms with van der Waals surface area (Å²) in [4.78, 5) is 31.7. The standard InChI is InChI=1S/C19H16N4O2S2/c1-11-7-8-16(27-11)15-10-26-19(20-15)21-17(24)9-23-18(25)14-6-4-3-5-13(14)12(2)22-23/h3-8,10H,9H2,1-2H3,(H,20,21,24). The second kappa shape index (κ2) is 7.05. The number of aromatic nitrogens is 3. The van der Waals surface area contributed by atoms with Crippen LogP contribution in [0.15, 0.2) is 46.6 Å². The molecule has 0 saturated heterocycles. The Morgan fingerprint density at radius 2 is 1.93 bits per heavy atom. The van der Waals surface area contributed by atoms with E-state index in [0.717, 1.165) is 16.0 Å². The molecule has 8 heteroatoms. The van der Waals surface area contributed by atoms with Gasteiger partial charge in [-0.05, 0) is 32.0 Å². The van der Waals surface area contributed by atoms with Gasteiger partial charge >= 0.3 is 0 Å². The molecule has 4 aromatic rings. The summed E-state index contributed by atoms with van der Waals surface area (Å²) in [6, 6.07) is 11.3. The lowest BCUT2D eigenvalue weighted by molar-refractivity contribution is -0.117. The number of thiazole rings is 1. The van der Waals surface area contributed by atoms with Gasteiger partial charge in [-0.2, -0.15) is 5.10 Å². The third-order valence-electron chi connectivity index (χ3n) is 4.09. The van der Waals surface area contributed by atoms with Gasteiger partial charge in [0.25, 0.3) is 5.56 Å². The third-order valence-corrected chi connectivity index (χ3v) is 5.87. The SMILES string of the molecule is Cc1ccc(-c2csc(NC(=O)Cn3nc(C)c4ccccc4c3=O)n2)s1. The van der Waals surface area contributed by atoms with Crippen molar-refractivity contribution in [1.82, 2.24) is 14.8 Å². The fourth-order valence-corrected chi connectivity index (χ4v) is 4.45. The number of carbonyl (C=O) groups is 1. The van der Waals surface area contributed by atoms with Crippen molar-refractivity contribution in [2.45, 2.75) is 20.4 Å². The molecule has 3 heterocycles. The second-order valence-electron chi connectivity index (χ2n) is 6.09. The lowest BCUT2D eigenvalue weighted by atomic mass is 10.1. The fraction of sp³-hybridized carbons (Fsp3) is 0.158. The zero-order valence-corrected chi connectivity index (χ0v) is 16.4. The zero-order chi connectivity index (χ0) is 19.0. The van der Waals surface area contributed by atoms with E-state index < -0.39 is 0 Å². The van der Waals surface area contributed by atoms with Crippen molar-refractivity contribution < 1.29 is 4.79 Å². The molecule has 1 aromatic carbocycles. The van der Waals surface area contributed by atoms with Crippen LogP contribution >= 0.6 is 22.7 Å². The summed E-state index contributed by atoms with van der Waals surface area (Å²) in [6.45, 7) is 3.71. The van der Waals surface area contributed by atoms with Gasteiger partial charge in [-0.15, -0.1) is 22.7 Å². The molecular weight excluding hydrogens is 380 g/mol. The smallest absolute Gasteiger partial charge is 0.275 e. The number of hydrogen-bond donors (Lipinski definition) is 1. The molecular formula is C19H16N4O2S2. The van der Waals surface area contributed by atoms with Crippen molar-refractivity contribution >= 4 is 44.5 Å². The van der Waals surface area contributed by atoms with Crippen molar-refractivity contribution in [3.05, 3.63) is 62.7 Å². The van der Waals surface area contributed by atoms with E-state index in [-0.39, 0.29) is 18.0 Å². The number of fused-ring (bicyclic) bond motifs is 1. The van der Waals surface area contributed by atoms with Gasteiger partial charge < -0.3 is 5.32 Å². The van der Waals surface area contributed by atoms with Gasteiger partial charge in [-0.25, -0.2) is 9.67 Å². The number of nitrogens with zero attached hydrogens (tertiary/aromatic N) is 3. The first-order valence-corrected chi connectivity index (χ1v) is 9.99. The Labute approximate surface area is 163 Å². The van der Waals surface area contributed by atoms with E-state index in [9.17, 15) is 9.59 Å². The first-order chi connectivity index (χ1) is 13.0. The van der Waals surface area contributed by atoms with E-state index in [1.807, 2.05) is 43.5 Å². The van der Waals surface area contributed by atoms with E-state index in [0.29, 0.717) is 16.2 Å². The predicted octanol–water partition coefficient (Wildman–Crippen LogP) is 3.84. The van der Waals surface area contributed by atoms with Gasteiger partial charge in [0.2, 0.25) is 5.91 Å². The summed E-state index contributed by atoms with van der Waals surface area (Å²) in [5.74, 6) is -0.331. The minimum atomic E-state index is -0.331. The highest BCUT2D eigenvalue weighted by molar-refractivity contribution is 7.17. The van der Waals surface area contributed by atoms with Gasteiger partial charge in [0, 0.05) is 15.6 Å². The summed E-state index contributed by atoms with van der Waals surface area (Å²) in [6.07, 6.45) is 0. The third kappa shape index (κ3) is 3.54. The number of hydrogen-bond acceptors (Lipinski definition) is 6. The summed E-state index contributed by atoms with van der Waals surface area (Å²) >= 11 is 3.01. The summed E-state index contributed by atoms with van der Waals surface area (Å²) < 4.78 is 1.20. The lowest BCUT2D eigenvalue weighted by Crippen LogP contribution is -2.30. The van der Waals surface area contributed by atoms with Gasteiger partial charge in [-0.1, -0.05) is 18.2 Å². The maximum atomic E-state index is 12.6. The van der Waals surface area contributed by atoms with Crippen LogP contribution in [0.2, 0.25) is 0 Å². The molecule has 0 saturated carbocycles. The molecule has 0 spiro atoms. The Balaban J connectivity index is 1.53. The molecule has 0 atom stereocenters. The largest absolute Gasteiger partial charge is 0.300 e. The van der Waals surface area contributed by atoms with Gasteiger partial charge in [0.15, 0.2) is 5.13 Å². The number of carbonyl (C=O) groups excluding carboxylic acids is 1. The number of anilines is 1. The molecule has 0 aliphatic rings. The Morgan fingerprint density at radius 1 is 1.15 bits per heavy atom. The molecule has 4 rings (SSSR count). The first-order valence-electron chi connectivity index (χ1n) is 8.30. The average molecular weight is 396 g/mol. The fourth-order valence-electron chi connectivity index (χ4n) is 2.82. The van der Waals surface area contributed by atoms with Gasteiger partial charge in [0.1, 0.15) is 6.54 Å². The van der Waals surface area contributed by atoms with E-state index in [1.54, 1.807) is 23.5 Å². The van der Waals surface area contributed by atoms with Gasteiger partial charge in [-0.3, -0.25) is 9.59 Å². The van der Waals surface area contributed by atoms with Crippen LogP contribution in [0.4, 0.5) is 5.13 Å². The Morgan fingerprint density at radius 3 is 2.67 bits per heavy atom. The molecule has 136 valence electrons. The summed E-state index contributed by atoms with van der Waals surface area (Å²) in [5, 5.41) is 10.8. The van der Waals surface area contributed by atoms with Crippen molar-refractivity contribution in [1.29, 1.82) is 0 Å². The molecule has 3 aromatic heterocycles. The van der Waals surface area contributed by atoms with Crippen LogP contribution in [0.5, 0.6) is 0 Å². The Bertz CT molecular complexity index is 1210. The van der Waals surface area contributed by atoms with Crippen LogP contribution in [0.1, 0.15) is 10.6 Å². The molecule has 0 fully saturated rings. The first kappa shape index (κ1) is 17.6. The second-order valence-corrected chi connectivity index (χ2v) is 8.24. The highest BCUT2D eigenvalue weighted by Crippen LogP contribution is 2.30. The number of aryl methyl sites for hydroxylation is 2. The number of thiophene rings is 1. The Kier molecular flexibility index (Phi) is 4.59. The van der Waals surface area contributed by atoms with Crippen molar-refractivity contribution in [2.24, 2.45) is 0 Å². The molecule has 0 aliphatic carbocycles. The number of nitrogens with one attached hydrogen (secondary N) is 1. The molecule has 27 heavy (non-hydrogen) atoms. The minimum absolute atomic E-state index is 0.155. The van der Waals surface area contributed by atoms with Crippen molar-refractivity contribution in [2.75, 3.05) is 5.32 Å². The highest BCUT2D eigenvalue weighted by Gasteiger charge is 2.13. The van der Waals surface area contributed by atoms with Crippen LogP contribution in [-0.2, 0) is 11.3 Å².